The van der Waals surface area contributed by atoms with Crippen LogP contribution in [0.15, 0.2) is 41.4 Å². The van der Waals surface area contributed by atoms with Crippen LogP contribution in [0.3, 0.4) is 0 Å². The van der Waals surface area contributed by atoms with E-state index in [0.29, 0.717) is 5.69 Å². The Morgan fingerprint density at radius 1 is 1.40 bits per heavy atom. The molecule has 0 aromatic carbocycles. The Morgan fingerprint density at radius 3 is 2.84 bits per heavy atom. The Hall–Kier alpha value is -2.47. The van der Waals surface area contributed by atoms with Gasteiger partial charge in [0.25, 0.3) is 5.91 Å². The lowest BCUT2D eigenvalue weighted by molar-refractivity contribution is 0.0926. The number of aromatic nitrogens is 3. The number of amides is 1. The first-order chi connectivity index (χ1) is 12.1. The summed E-state index contributed by atoms with van der Waals surface area (Å²) in [7, 11) is 1.82. The summed E-state index contributed by atoms with van der Waals surface area (Å²) in [5, 5.41) is 11.8. The molecule has 6 heteroatoms. The van der Waals surface area contributed by atoms with Crippen molar-refractivity contribution in [3.8, 4) is 0 Å². The summed E-state index contributed by atoms with van der Waals surface area (Å²) >= 11 is 1.66. The Labute approximate surface area is 151 Å². The molecule has 5 nitrogen and oxygen atoms in total. The summed E-state index contributed by atoms with van der Waals surface area (Å²) < 4.78 is 1.67. The van der Waals surface area contributed by atoms with Crippen LogP contribution in [-0.4, -0.2) is 20.7 Å². The third kappa shape index (κ3) is 3.79. The second kappa shape index (κ2) is 7.61. The van der Waals surface area contributed by atoms with E-state index in [1.54, 1.807) is 22.2 Å². The van der Waals surface area contributed by atoms with Gasteiger partial charge in [-0.15, -0.1) is 0 Å². The Kier molecular flexibility index (Phi) is 5.28. The number of hydrogen-bond acceptors (Lipinski definition) is 4. The van der Waals surface area contributed by atoms with Gasteiger partial charge in [-0.05, 0) is 53.8 Å². The van der Waals surface area contributed by atoms with Gasteiger partial charge in [-0.25, -0.2) is 0 Å². The van der Waals surface area contributed by atoms with Crippen LogP contribution in [0.5, 0.6) is 0 Å². The van der Waals surface area contributed by atoms with E-state index >= 15 is 0 Å². The first kappa shape index (κ1) is 17.4. The van der Waals surface area contributed by atoms with E-state index in [2.05, 4.69) is 32.2 Å². The summed E-state index contributed by atoms with van der Waals surface area (Å²) in [6.45, 7) is 4.00. The van der Waals surface area contributed by atoms with Gasteiger partial charge in [0, 0.05) is 25.0 Å². The molecule has 1 atom stereocenters. The van der Waals surface area contributed by atoms with Crippen LogP contribution in [-0.2, 0) is 19.9 Å². The summed E-state index contributed by atoms with van der Waals surface area (Å²) in [6, 6.07) is 5.85. The van der Waals surface area contributed by atoms with Crippen LogP contribution >= 0.6 is 11.3 Å². The Bertz CT molecular complexity index is 840. The van der Waals surface area contributed by atoms with Crippen LogP contribution in [0, 0.1) is 6.92 Å². The zero-order valence-electron chi connectivity index (χ0n) is 14.7. The van der Waals surface area contributed by atoms with Crippen LogP contribution in [0.4, 0.5) is 0 Å². The molecule has 25 heavy (non-hydrogen) atoms. The fourth-order valence-electron chi connectivity index (χ4n) is 3.04. The van der Waals surface area contributed by atoms with Gasteiger partial charge >= 0.3 is 0 Å². The van der Waals surface area contributed by atoms with Crippen LogP contribution in [0.1, 0.15) is 45.8 Å². The summed E-state index contributed by atoms with van der Waals surface area (Å²) in [5.74, 6) is -0.101. The topological polar surface area (TPSA) is 59.8 Å². The third-order valence-electron chi connectivity index (χ3n) is 4.34. The van der Waals surface area contributed by atoms with E-state index in [9.17, 15) is 4.79 Å². The summed E-state index contributed by atoms with van der Waals surface area (Å²) in [6.07, 6.45) is 5.10. The smallest absolute Gasteiger partial charge is 0.270 e. The molecular formula is C19H22N4OS. The lowest BCUT2D eigenvalue weighted by atomic mass is 10.0. The van der Waals surface area contributed by atoms with Crippen molar-refractivity contribution >= 4 is 17.2 Å². The standard InChI is InChI=1S/C19H22N4OS/c1-4-16-13(2)18(23(3)22-16)19(24)21-17(10-14-7-9-25-12-14)15-6-5-8-20-11-15/h5-9,11-12,17H,4,10H2,1-3H3,(H,21,24). The molecule has 3 rings (SSSR count). The zero-order valence-corrected chi connectivity index (χ0v) is 15.5. The molecule has 0 aliphatic carbocycles. The van der Waals surface area contributed by atoms with E-state index < -0.39 is 0 Å². The number of rotatable bonds is 6. The van der Waals surface area contributed by atoms with E-state index in [1.165, 1.54) is 5.56 Å². The average Bonchev–Trinajstić information content (AvgIpc) is 3.22. The second-order valence-electron chi connectivity index (χ2n) is 6.05. The average molecular weight is 354 g/mol. The molecule has 3 heterocycles. The number of hydrogen-bond donors (Lipinski definition) is 1. The molecule has 3 aromatic heterocycles. The highest BCUT2D eigenvalue weighted by Gasteiger charge is 2.22. The molecule has 1 N–H and O–H groups in total. The Morgan fingerprint density at radius 2 is 2.24 bits per heavy atom. The number of aryl methyl sites for hydroxylation is 2. The van der Waals surface area contributed by atoms with Crippen LogP contribution < -0.4 is 5.32 Å². The fourth-order valence-corrected chi connectivity index (χ4v) is 3.73. The number of carbonyl (C=O) groups excluding carboxylic acids is 1. The normalized spacial score (nSPS) is 12.1. The number of carbonyl (C=O) groups is 1. The number of nitrogens with zero attached hydrogens (tertiary/aromatic N) is 3. The fraction of sp³-hybridized carbons (Fsp3) is 0.316. The molecule has 0 bridgehead atoms. The molecule has 1 unspecified atom stereocenters. The number of nitrogens with one attached hydrogen (secondary N) is 1. The molecule has 0 saturated carbocycles. The molecule has 130 valence electrons. The van der Waals surface area contributed by atoms with Crippen LogP contribution in [0.25, 0.3) is 0 Å². The van der Waals surface area contributed by atoms with E-state index in [4.69, 9.17) is 0 Å². The maximum absolute atomic E-state index is 12.9. The van der Waals surface area contributed by atoms with Gasteiger partial charge in [0.15, 0.2) is 0 Å². The minimum Gasteiger partial charge on any atom is -0.344 e. The van der Waals surface area contributed by atoms with Gasteiger partial charge < -0.3 is 5.32 Å². The SMILES string of the molecule is CCc1nn(C)c(C(=O)NC(Cc2ccsc2)c2cccnc2)c1C. The van der Waals surface area contributed by atoms with Gasteiger partial charge in [0.1, 0.15) is 5.69 Å². The van der Waals surface area contributed by atoms with Crippen molar-refractivity contribution < 1.29 is 4.79 Å². The van der Waals surface area contributed by atoms with E-state index in [0.717, 1.165) is 29.7 Å². The highest BCUT2D eigenvalue weighted by Crippen LogP contribution is 2.21. The third-order valence-corrected chi connectivity index (χ3v) is 5.08. The lowest BCUT2D eigenvalue weighted by Crippen LogP contribution is -2.31. The minimum atomic E-state index is -0.129. The molecule has 0 fully saturated rings. The summed E-state index contributed by atoms with van der Waals surface area (Å²) in [5.41, 5.74) is 4.73. The maximum atomic E-state index is 12.9. The first-order valence-corrected chi connectivity index (χ1v) is 9.28. The van der Waals surface area contributed by atoms with Crippen molar-refractivity contribution in [2.75, 3.05) is 0 Å². The molecule has 0 aliphatic heterocycles. The minimum absolute atomic E-state index is 0.101. The predicted molar refractivity (Wildman–Crippen MR) is 99.8 cm³/mol. The van der Waals surface area contributed by atoms with Crippen molar-refractivity contribution in [3.05, 3.63) is 69.4 Å². The van der Waals surface area contributed by atoms with Gasteiger partial charge in [-0.2, -0.15) is 16.4 Å². The molecule has 0 radical (unpaired) electrons. The van der Waals surface area contributed by atoms with E-state index in [1.807, 2.05) is 39.2 Å². The maximum Gasteiger partial charge on any atom is 0.270 e. The van der Waals surface area contributed by atoms with Crippen molar-refractivity contribution in [3.63, 3.8) is 0 Å². The quantitative estimate of drug-likeness (QED) is 0.737. The molecular weight excluding hydrogens is 332 g/mol. The van der Waals surface area contributed by atoms with Crippen LogP contribution in [0.2, 0.25) is 0 Å². The van der Waals surface area contributed by atoms with Crippen molar-refractivity contribution in [1.29, 1.82) is 0 Å². The zero-order chi connectivity index (χ0) is 17.8. The van der Waals surface area contributed by atoms with Gasteiger partial charge in [-0.3, -0.25) is 14.5 Å². The predicted octanol–water partition coefficient (Wildman–Crippen LogP) is 3.46. The first-order valence-electron chi connectivity index (χ1n) is 8.34. The number of thiophene rings is 1. The van der Waals surface area contributed by atoms with Crippen molar-refractivity contribution in [2.45, 2.75) is 32.7 Å². The highest BCUT2D eigenvalue weighted by atomic mass is 32.1. The highest BCUT2D eigenvalue weighted by molar-refractivity contribution is 7.07. The van der Waals surface area contributed by atoms with Gasteiger partial charge in [0.05, 0.1) is 11.7 Å². The number of pyridine rings is 1. The molecule has 3 aromatic rings. The summed E-state index contributed by atoms with van der Waals surface area (Å²) in [4.78, 5) is 17.1. The molecule has 0 spiro atoms. The van der Waals surface area contributed by atoms with Crippen molar-refractivity contribution in [1.82, 2.24) is 20.1 Å². The largest absolute Gasteiger partial charge is 0.344 e. The van der Waals surface area contributed by atoms with Gasteiger partial charge in [-0.1, -0.05) is 13.0 Å². The van der Waals surface area contributed by atoms with Gasteiger partial charge in [0.2, 0.25) is 0 Å². The Balaban J connectivity index is 1.87. The molecule has 0 aliphatic rings. The molecule has 0 saturated heterocycles. The molecule has 1 amide bonds. The monoisotopic (exact) mass is 354 g/mol. The van der Waals surface area contributed by atoms with Crippen molar-refractivity contribution in [2.24, 2.45) is 7.05 Å². The lowest BCUT2D eigenvalue weighted by Gasteiger charge is -2.19. The van der Waals surface area contributed by atoms with E-state index in [-0.39, 0.29) is 11.9 Å². The second-order valence-corrected chi connectivity index (χ2v) is 6.83.